The summed E-state index contributed by atoms with van der Waals surface area (Å²) in [4.78, 5) is 12.9. The van der Waals surface area contributed by atoms with Crippen molar-refractivity contribution in [2.45, 2.75) is 124 Å². The molecule has 0 bridgehead atoms. The summed E-state index contributed by atoms with van der Waals surface area (Å²) in [5.41, 5.74) is 5.61. The van der Waals surface area contributed by atoms with Gasteiger partial charge in [-0.2, -0.15) is 0 Å². The average Bonchev–Trinajstić information content (AvgIpc) is 3.18. The standard InChI is InChI=1S/C25H40N.C10H11NO3.2ClH.Ru/c1-18(2)21-14-11-15-22(19(3)4)23(21)26-17-25(7,16-24(26,5)6)20-12-9-8-10-13-20;1-7(2)14-10-5-4-9(11(12)13)6-8(10)3;;;/h11,14-15,17-20H,8-10,12-13,16H2,1-7H3;3-7H,1-2H3;2*1H;/q-1;;;;+2/p-2/t25-;;;;/m0..../s1. The maximum atomic E-state index is 10.7. The van der Waals surface area contributed by atoms with Crippen LogP contribution >= 0.6 is 19.4 Å². The molecule has 2 aromatic carbocycles. The van der Waals surface area contributed by atoms with Crippen LogP contribution in [0.1, 0.15) is 129 Å². The first-order chi connectivity index (χ1) is 20.1. The molecule has 1 saturated heterocycles. The number of nitrogens with zero attached hydrogens (tertiary/aromatic N) is 2. The quantitative estimate of drug-likeness (QED) is 0.118. The van der Waals surface area contributed by atoms with Gasteiger partial charge in [0.1, 0.15) is 0 Å². The molecule has 2 aromatic rings. The Morgan fingerprint density at radius 3 is 2.07 bits per heavy atom. The van der Waals surface area contributed by atoms with Crippen molar-refractivity contribution in [3.8, 4) is 5.75 Å². The van der Waals surface area contributed by atoms with Crippen molar-refractivity contribution in [1.29, 1.82) is 0 Å². The molecule has 2 fully saturated rings. The number of para-hydroxylation sites is 1. The zero-order chi connectivity index (χ0) is 32.1. The Morgan fingerprint density at radius 1 is 1.00 bits per heavy atom. The smallest absolute Gasteiger partial charge is 0.0145 e. The van der Waals surface area contributed by atoms with Crippen LogP contribution < -0.4 is 9.64 Å². The Labute approximate surface area is 273 Å². The van der Waals surface area contributed by atoms with E-state index >= 15 is 0 Å². The second-order valence-electron chi connectivity index (χ2n) is 13.9. The van der Waals surface area contributed by atoms with Crippen molar-refractivity contribution >= 4 is 35.4 Å². The molecule has 1 aliphatic carbocycles. The van der Waals surface area contributed by atoms with E-state index in [-0.39, 0.29) is 17.3 Å². The summed E-state index contributed by atoms with van der Waals surface area (Å²) in [5, 5.41) is 10.7. The van der Waals surface area contributed by atoms with E-state index in [4.69, 9.17) is 24.1 Å². The molecule has 1 atom stereocenters. The Balaban J connectivity index is 0.000000259. The minimum Gasteiger partial charge on any atom is -0.517 e. The van der Waals surface area contributed by atoms with Crippen LogP contribution in [0.15, 0.2) is 36.4 Å². The van der Waals surface area contributed by atoms with Gasteiger partial charge in [0, 0.05) is 11.2 Å². The largest absolute Gasteiger partial charge is 0.517 e. The summed E-state index contributed by atoms with van der Waals surface area (Å²) < 4.78 is 7.17. The molecule has 1 saturated carbocycles. The molecule has 0 radical (unpaired) electrons. The molecule has 1 aliphatic heterocycles. The Morgan fingerprint density at radius 2 is 1.58 bits per heavy atom. The molecular weight excluding hydrogens is 668 g/mol. The fraction of sp³-hybridized carbons (Fsp3) is 0.600. The molecule has 43 heavy (non-hydrogen) atoms. The van der Waals surface area contributed by atoms with Crippen molar-refractivity contribution < 1.29 is 23.2 Å². The zero-order valence-electron chi connectivity index (χ0n) is 27.4. The van der Waals surface area contributed by atoms with E-state index in [2.05, 4.69) is 78.1 Å². The molecule has 0 unspecified atom stereocenters. The van der Waals surface area contributed by atoms with E-state index < -0.39 is 18.4 Å². The van der Waals surface area contributed by atoms with Gasteiger partial charge in [0.05, 0.1) is 0 Å². The predicted molar refractivity (Wildman–Crippen MR) is 181 cm³/mol. The van der Waals surface area contributed by atoms with E-state index in [9.17, 15) is 10.1 Å². The fourth-order valence-corrected chi connectivity index (χ4v) is 8.66. The first-order valence-corrected chi connectivity index (χ1v) is 21.1. The topological polar surface area (TPSA) is 55.6 Å². The first-order valence-electron chi connectivity index (χ1n) is 15.6. The summed E-state index contributed by atoms with van der Waals surface area (Å²) >= 11 is -2.05. The molecule has 0 amide bonds. The molecular formula is C35H51Cl2N2O3Ru-. The van der Waals surface area contributed by atoms with Gasteiger partial charge in [0.2, 0.25) is 0 Å². The summed E-state index contributed by atoms with van der Waals surface area (Å²) in [5.74, 6) is 2.52. The monoisotopic (exact) mass is 719 g/mol. The fourth-order valence-electron chi connectivity index (χ4n) is 6.88. The molecule has 2 aliphatic rings. The van der Waals surface area contributed by atoms with E-state index in [1.54, 1.807) is 10.7 Å². The van der Waals surface area contributed by atoms with Crippen molar-refractivity contribution in [3.63, 3.8) is 0 Å². The van der Waals surface area contributed by atoms with Gasteiger partial charge in [0.25, 0.3) is 0 Å². The van der Waals surface area contributed by atoms with Gasteiger partial charge in [-0.25, -0.2) is 6.54 Å². The Kier molecular flexibility index (Phi) is 12.7. The van der Waals surface area contributed by atoms with Gasteiger partial charge >= 0.3 is 112 Å². The SMILES string of the molecule is CC(C)Oc1ccc([N+](=O)[O-])cc1[CH]=[Ru]([Cl])[Cl].CC(C)c1cccc(C(C)C)c1N1[CH-][C@@](C)(C2CCCCC2)CC1(C)C. The first kappa shape index (κ1) is 36.0. The molecule has 0 aromatic heterocycles. The predicted octanol–water partition coefficient (Wildman–Crippen LogP) is 11.1. The number of halogens is 2. The van der Waals surface area contributed by atoms with Crippen molar-refractivity contribution in [2.75, 3.05) is 4.90 Å². The number of non-ortho nitro benzene ring substituents is 1. The third-order valence-electron chi connectivity index (χ3n) is 8.76. The van der Waals surface area contributed by atoms with E-state index in [1.165, 1.54) is 67.5 Å². The number of hydrogen-bond donors (Lipinski definition) is 0. The van der Waals surface area contributed by atoms with E-state index in [0.29, 0.717) is 28.6 Å². The zero-order valence-corrected chi connectivity index (χ0v) is 30.6. The number of nitro benzene ring substituents is 1. The second-order valence-corrected chi connectivity index (χ2v) is 19.6. The van der Waals surface area contributed by atoms with Gasteiger partial charge in [-0.3, -0.25) is 0 Å². The van der Waals surface area contributed by atoms with Gasteiger partial charge in [0.15, 0.2) is 0 Å². The van der Waals surface area contributed by atoms with E-state index in [1.807, 2.05) is 13.8 Å². The minimum absolute atomic E-state index is 0.00360. The Hall–Kier alpha value is -1.49. The average molecular weight is 720 g/mol. The molecule has 0 N–H and O–H groups in total. The second kappa shape index (κ2) is 15.2. The number of rotatable bonds is 8. The maximum Gasteiger partial charge on any atom is 0.0145 e. The van der Waals surface area contributed by atoms with Crippen molar-refractivity contribution in [2.24, 2.45) is 11.3 Å². The summed E-state index contributed by atoms with van der Waals surface area (Å²) in [7, 11) is 11.6. The number of hydrogen-bond acceptors (Lipinski definition) is 4. The van der Waals surface area contributed by atoms with Gasteiger partial charge in [-0.15, -0.1) is 5.41 Å². The van der Waals surface area contributed by atoms with Gasteiger partial charge in [-0.05, 0) is 36.8 Å². The minimum atomic E-state index is -2.05. The summed E-state index contributed by atoms with van der Waals surface area (Å²) in [6, 6.07) is 11.4. The van der Waals surface area contributed by atoms with Crippen LogP contribution in [0.3, 0.4) is 0 Å². The molecule has 5 nitrogen and oxygen atoms in total. The van der Waals surface area contributed by atoms with Crippen molar-refractivity contribution in [3.05, 3.63) is 69.7 Å². The normalized spacial score (nSPS) is 20.7. The van der Waals surface area contributed by atoms with Crippen molar-refractivity contribution in [1.82, 2.24) is 0 Å². The van der Waals surface area contributed by atoms with Crippen LogP contribution in [0.2, 0.25) is 0 Å². The molecule has 0 spiro atoms. The molecule has 8 heteroatoms. The van der Waals surface area contributed by atoms with Crippen LogP contribution in [0, 0.1) is 28.0 Å². The van der Waals surface area contributed by atoms with Crippen LogP contribution in [0.4, 0.5) is 11.4 Å². The Bertz CT molecular complexity index is 1260. The van der Waals surface area contributed by atoms with Crippen LogP contribution in [0.25, 0.3) is 0 Å². The number of anilines is 1. The molecule has 242 valence electrons. The molecule has 1 heterocycles. The summed E-state index contributed by atoms with van der Waals surface area (Å²) in [6.07, 6.45) is 8.37. The van der Waals surface area contributed by atoms with E-state index in [0.717, 1.165) is 5.92 Å². The maximum absolute atomic E-state index is 10.7. The molecule has 4 rings (SSSR count). The third-order valence-corrected chi connectivity index (χ3v) is 10.6. The van der Waals surface area contributed by atoms with Crippen LogP contribution in [-0.2, 0) is 13.5 Å². The number of benzene rings is 2. The van der Waals surface area contributed by atoms with Gasteiger partial charge in [-0.1, -0.05) is 97.3 Å². The number of nitro groups is 1. The van der Waals surface area contributed by atoms with Gasteiger partial charge < -0.3 is 4.90 Å². The number of ether oxygens (including phenoxy) is 1. The van der Waals surface area contributed by atoms with Crippen LogP contribution in [-0.4, -0.2) is 21.2 Å². The third kappa shape index (κ3) is 9.27. The summed E-state index contributed by atoms with van der Waals surface area (Å²) in [6.45, 7) is 23.2. The van der Waals surface area contributed by atoms with Crippen LogP contribution in [0.5, 0.6) is 5.75 Å².